The van der Waals surface area contributed by atoms with E-state index >= 15 is 0 Å². The third kappa shape index (κ3) is 8.06. The molecule has 28 heavy (non-hydrogen) atoms. The molecule has 0 amide bonds. The van der Waals surface area contributed by atoms with Crippen LogP contribution < -0.4 is 4.74 Å². The van der Waals surface area contributed by atoms with Gasteiger partial charge in [-0.15, -0.1) is 0 Å². The van der Waals surface area contributed by atoms with E-state index in [0.29, 0.717) is 31.7 Å². The van der Waals surface area contributed by atoms with E-state index in [4.69, 9.17) is 9.26 Å². The number of hydrogen-bond donors (Lipinski definition) is 0. The van der Waals surface area contributed by atoms with E-state index < -0.39 is 7.37 Å². The molecule has 0 bridgehead atoms. The van der Waals surface area contributed by atoms with Crippen LogP contribution in [0.15, 0.2) is 41.0 Å². The van der Waals surface area contributed by atoms with Gasteiger partial charge >= 0.3 is 0 Å². The average molecular weight is 468 g/mol. The molecule has 1 unspecified atom stereocenters. The first-order chi connectivity index (χ1) is 13.1. The molecule has 0 aliphatic carbocycles. The van der Waals surface area contributed by atoms with Crippen molar-refractivity contribution in [3.05, 3.63) is 57.7 Å². The molecular formula is C22H31BrNO3P. The summed E-state index contributed by atoms with van der Waals surface area (Å²) >= 11 is 3.65. The zero-order chi connectivity index (χ0) is 20.8. The minimum Gasteiger partial charge on any atom is -0.473 e. The lowest BCUT2D eigenvalue weighted by atomic mass is 9.88. The van der Waals surface area contributed by atoms with E-state index in [1.54, 1.807) is 12.9 Å². The van der Waals surface area contributed by atoms with Crippen molar-refractivity contribution in [1.29, 1.82) is 0 Å². The van der Waals surface area contributed by atoms with Crippen molar-refractivity contribution in [2.45, 2.75) is 47.1 Å². The second-order valence-electron chi connectivity index (χ2n) is 8.36. The van der Waals surface area contributed by atoms with E-state index in [0.717, 1.165) is 22.0 Å². The van der Waals surface area contributed by atoms with Gasteiger partial charge in [-0.05, 0) is 54.0 Å². The molecule has 0 aliphatic rings. The van der Waals surface area contributed by atoms with E-state index in [1.165, 1.54) is 5.56 Å². The van der Waals surface area contributed by atoms with Gasteiger partial charge in [0.2, 0.25) is 13.2 Å². The number of halogens is 1. The Morgan fingerprint density at radius 2 is 1.89 bits per heavy atom. The standard InChI is InChI=1S/C22H31BrNO3P/c1-6-27-28(5,25)12-10-17-9-11-24-21(14-17)26-16-18-7-8-20(23)19(13-18)15-22(2,3)4/h7-9,11,13-14H,6,10,12,15-16H2,1-5H3. The number of pyridine rings is 1. The molecule has 0 fully saturated rings. The summed E-state index contributed by atoms with van der Waals surface area (Å²) < 4.78 is 24.7. The number of nitrogens with zero attached hydrogens (tertiary/aromatic N) is 1. The maximum absolute atomic E-state index is 12.3. The number of hydrogen-bond acceptors (Lipinski definition) is 4. The molecule has 1 heterocycles. The number of rotatable bonds is 9. The number of aryl methyl sites for hydroxylation is 1. The van der Waals surface area contributed by atoms with E-state index in [-0.39, 0.29) is 5.41 Å². The largest absolute Gasteiger partial charge is 0.473 e. The predicted octanol–water partition coefficient (Wildman–Crippen LogP) is 6.50. The SMILES string of the molecule is CCOP(C)(=O)CCc1ccnc(OCc2ccc(Br)c(CC(C)(C)C)c2)c1. The summed E-state index contributed by atoms with van der Waals surface area (Å²) in [5.74, 6) is 0.583. The van der Waals surface area contributed by atoms with Gasteiger partial charge in [0.25, 0.3) is 0 Å². The minimum atomic E-state index is -2.53. The second kappa shape index (κ2) is 10.0. The summed E-state index contributed by atoms with van der Waals surface area (Å²) in [6, 6.07) is 10.2. The zero-order valence-electron chi connectivity index (χ0n) is 17.5. The molecule has 1 atom stereocenters. The topological polar surface area (TPSA) is 48.4 Å². The molecule has 0 N–H and O–H groups in total. The highest BCUT2D eigenvalue weighted by molar-refractivity contribution is 9.10. The highest BCUT2D eigenvalue weighted by Crippen LogP contribution is 2.42. The van der Waals surface area contributed by atoms with Gasteiger partial charge in [0.05, 0.1) is 6.61 Å². The molecule has 1 aromatic carbocycles. The van der Waals surface area contributed by atoms with Crippen LogP contribution in [-0.4, -0.2) is 24.4 Å². The quantitative estimate of drug-likeness (QED) is 0.395. The first-order valence-corrected chi connectivity index (χ1v) is 12.7. The Morgan fingerprint density at radius 3 is 2.57 bits per heavy atom. The van der Waals surface area contributed by atoms with Gasteiger partial charge in [-0.3, -0.25) is 4.57 Å². The lowest BCUT2D eigenvalue weighted by molar-refractivity contribution is 0.293. The van der Waals surface area contributed by atoms with Gasteiger partial charge in [-0.25, -0.2) is 4.98 Å². The molecular weight excluding hydrogens is 437 g/mol. The number of benzene rings is 1. The van der Waals surface area contributed by atoms with Crippen LogP contribution in [0.1, 0.15) is 44.4 Å². The summed E-state index contributed by atoms with van der Waals surface area (Å²) in [7, 11) is -2.53. The molecule has 0 saturated heterocycles. The van der Waals surface area contributed by atoms with Crippen LogP contribution in [0.3, 0.4) is 0 Å². The fraction of sp³-hybridized carbons (Fsp3) is 0.500. The summed E-state index contributed by atoms with van der Waals surface area (Å²) in [5.41, 5.74) is 3.67. The van der Waals surface area contributed by atoms with Gasteiger partial charge < -0.3 is 9.26 Å². The maximum atomic E-state index is 12.3. The van der Waals surface area contributed by atoms with Crippen molar-refractivity contribution in [1.82, 2.24) is 4.98 Å². The fourth-order valence-electron chi connectivity index (χ4n) is 2.94. The van der Waals surface area contributed by atoms with Crippen LogP contribution in [0.2, 0.25) is 0 Å². The number of aromatic nitrogens is 1. The molecule has 0 radical (unpaired) electrons. The molecule has 154 valence electrons. The average Bonchev–Trinajstić information content (AvgIpc) is 2.60. The van der Waals surface area contributed by atoms with Crippen molar-refractivity contribution in [2.24, 2.45) is 5.41 Å². The van der Waals surface area contributed by atoms with Crippen molar-refractivity contribution in [3.8, 4) is 5.88 Å². The predicted molar refractivity (Wildman–Crippen MR) is 120 cm³/mol. The van der Waals surface area contributed by atoms with Gasteiger partial charge in [-0.2, -0.15) is 0 Å². The summed E-state index contributed by atoms with van der Waals surface area (Å²) in [6.07, 6.45) is 3.93. The third-order valence-electron chi connectivity index (χ3n) is 4.23. The van der Waals surface area contributed by atoms with Crippen LogP contribution in [0.4, 0.5) is 0 Å². The van der Waals surface area contributed by atoms with E-state index in [1.807, 2.05) is 19.1 Å². The normalized spacial score (nSPS) is 13.9. The Kier molecular flexibility index (Phi) is 8.30. The molecule has 0 saturated carbocycles. The van der Waals surface area contributed by atoms with Crippen molar-refractivity contribution < 1.29 is 13.8 Å². The van der Waals surface area contributed by atoms with Crippen LogP contribution in [0.5, 0.6) is 5.88 Å². The van der Waals surface area contributed by atoms with Crippen molar-refractivity contribution >= 4 is 23.3 Å². The van der Waals surface area contributed by atoms with Crippen LogP contribution in [-0.2, 0) is 28.5 Å². The Hall–Kier alpha value is -1.16. The monoisotopic (exact) mass is 467 g/mol. The smallest absolute Gasteiger partial charge is 0.213 e. The van der Waals surface area contributed by atoms with Gasteiger partial charge in [0.1, 0.15) is 6.61 Å². The first-order valence-electron chi connectivity index (χ1n) is 9.64. The molecule has 2 rings (SSSR count). The van der Waals surface area contributed by atoms with Crippen LogP contribution >= 0.6 is 23.3 Å². The Bertz CT molecular complexity index is 833. The van der Waals surface area contributed by atoms with Gasteiger partial charge in [0.15, 0.2) is 0 Å². The molecule has 1 aromatic heterocycles. The maximum Gasteiger partial charge on any atom is 0.213 e. The van der Waals surface area contributed by atoms with E-state index in [9.17, 15) is 4.57 Å². The molecule has 0 spiro atoms. The molecule has 4 nitrogen and oxygen atoms in total. The molecule has 2 aromatic rings. The molecule has 0 aliphatic heterocycles. The fourth-order valence-corrected chi connectivity index (χ4v) is 4.66. The summed E-state index contributed by atoms with van der Waals surface area (Å²) in [5, 5.41) is 0. The Labute approximate surface area is 177 Å². The minimum absolute atomic E-state index is 0.220. The lowest BCUT2D eigenvalue weighted by Gasteiger charge is -2.19. The summed E-state index contributed by atoms with van der Waals surface area (Å²) in [4.78, 5) is 4.30. The summed E-state index contributed by atoms with van der Waals surface area (Å²) in [6.45, 7) is 11.2. The van der Waals surface area contributed by atoms with Crippen molar-refractivity contribution in [2.75, 3.05) is 19.4 Å². The second-order valence-corrected chi connectivity index (χ2v) is 11.9. The Balaban J connectivity index is 1.99. The van der Waals surface area contributed by atoms with Crippen molar-refractivity contribution in [3.63, 3.8) is 0 Å². The highest BCUT2D eigenvalue weighted by atomic mass is 79.9. The Morgan fingerprint density at radius 1 is 1.14 bits per heavy atom. The van der Waals surface area contributed by atoms with Crippen LogP contribution in [0, 0.1) is 5.41 Å². The zero-order valence-corrected chi connectivity index (χ0v) is 20.0. The highest BCUT2D eigenvalue weighted by Gasteiger charge is 2.16. The van der Waals surface area contributed by atoms with Gasteiger partial charge in [-0.1, -0.05) is 48.8 Å². The third-order valence-corrected chi connectivity index (χ3v) is 6.84. The lowest BCUT2D eigenvalue weighted by Crippen LogP contribution is -2.10. The first kappa shape index (κ1) is 23.1. The number of ether oxygens (including phenoxy) is 1. The van der Waals surface area contributed by atoms with Crippen LogP contribution in [0.25, 0.3) is 0 Å². The van der Waals surface area contributed by atoms with Gasteiger partial charge in [0, 0.05) is 29.6 Å². The molecule has 6 heteroatoms. The van der Waals surface area contributed by atoms with E-state index in [2.05, 4.69) is 59.9 Å².